The molecule has 0 aliphatic carbocycles. The van der Waals surface area contributed by atoms with Crippen LogP contribution in [0.1, 0.15) is 21.6 Å². The van der Waals surface area contributed by atoms with Gasteiger partial charge < -0.3 is 10.6 Å². The van der Waals surface area contributed by atoms with Crippen molar-refractivity contribution in [1.82, 2.24) is 15.5 Å². The van der Waals surface area contributed by atoms with Crippen LogP contribution in [-0.2, 0) is 4.79 Å². The number of hydrogen-bond acceptors (Lipinski definition) is 4. The average molecular weight is 300 g/mol. The van der Waals surface area contributed by atoms with Gasteiger partial charge in [-0.25, -0.2) is 5.10 Å². The third-order valence-corrected chi connectivity index (χ3v) is 3.07. The lowest BCUT2D eigenvalue weighted by atomic mass is 10.1. The molecule has 2 amide bonds. The van der Waals surface area contributed by atoms with Gasteiger partial charge in [0.1, 0.15) is 5.69 Å². The minimum absolute atomic E-state index is 0.0412. The number of aryl methyl sites for hydroxylation is 2. The third kappa shape index (κ3) is 3.78. The Hall–Kier alpha value is -2.96. The number of carbonyl (C=O) groups is 2. The second-order valence-electron chi connectivity index (χ2n) is 4.80. The molecule has 0 fully saturated rings. The van der Waals surface area contributed by atoms with Crippen LogP contribution in [0, 0.1) is 13.8 Å². The number of H-pyrrole nitrogens is 1. The summed E-state index contributed by atoms with van der Waals surface area (Å²) in [5.74, 6) is -0.872. The normalized spacial score (nSPS) is 10.1. The van der Waals surface area contributed by atoms with Crippen molar-refractivity contribution in [3.05, 3.63) is 57.5 Å². The van der Waals surface area contributed by atoms with E-state index < -0.39 is 11.5 Å². The molecule has 0 radical (unpaired) electrons. The van der Waals surface area contributed by atoms with Crippen LogP contribution in [0.3, 0.4) is 0 Å². The van der Waals surface area contributed by atoms with Crippen molar-refractivity contribution >= 4 is 17.5 Å². The smallest absolute Gasteiger partial charge is 0.272 e. The highest BCUT2D eigenvalue weighted by Crippen LogP contribution is 2.18. The standard InChI is InChI=1S/C15H16N4O3/c1-9-4-3-5-10(2)14(9)17-13(21)8-16-15(22)11-6-7-12(20)19-18-11/h3-7H,8H2,1-2H3,(H,16,22)(H,17,21)(H,19,20). The van der Waals surface area contributed by atoms with Gasteiger partial charge in [-0.05, 0) is 31.0 Å². The zero-order valence-electron chi connectivity index (χ0n) is 12.3. The summed E-state index contributed by atoms with van der Waals surface area (Å²) < 4.78 is 0. The minimum atomic E-state index is -0.534. The summed E-state index contributed by atoms with van der Waals surface area (Å²) in [5, 5.41) is 10.9. The number of para-hydroxylation sites is 1. The summed E-state index contributed by atoms with van der Waals surface area (Å²) in [6.07, 6.45) is 0. The van der Waals surface area contributed by atoms with Crippen LogP contribution in [0.4, 0.5) is 5.69 Å². The lowest BCUT2D eigenvalue weighted by Crippen LogP contribution is -2.34. The van der Waals surface area contributed by atoms with Crippen LogP contribution in [0.5, 0.6) is 0 Å². The Morgan fingerprint density at radius 2 is 1.82 bits per heavy atom. The van der Waals surface area contributed by atoms with Crippen LogP contribution < -0.4 is 16.2 Å². The van der Waals surface area contributed by atoms with E-state index >= 15 is 0 Å². The first-order valence-corrected chi connectivity index (χ1v) is 6.67. The van der Waals surface area contributed by atoms with Crippen molar-refractivity contribution in [2.24, 2.45) is 0 Å². The van der Waals surface area contributed by atoms with Crippen molar-refractivity contribution in [2.75, 3.05) is 11.9 Å². The first kappa shape index (κ1) is 15.4. The fraction of sp³-hybridized carbons (Fsp3) is 0.200. The Morgan fingerprint density at radius 3 is 2.41 bits per heavy atom. The second kappa shape index (κ2) is 6.66. The van der Waals surface area contributed by atoms with E-state index in [4.69, 9.17) is 0 Å². The number of carbonyl (C=O) groups excluding carboxylic acids is 2. The SMILES string of the molecule is Cc1cccc(C)c1NC(=O)CNC(=O)c1ccc(=O)[nH]n1. The number of benzene rings is 1. The number of aromatic nitrogens is 2. The molecule has 1 heterocycles. The summed E-state index contributed by atoms with van der Waals surface area (Å²) in [7, 11) is 0. The fourth-order valence-corrected chi connectivity index (χ4v) is 1.92. The molecule has 0 unspecified atom stereocenters. The molecule has 7 heteroatoms. The summed E-state index contributed by atoms with van der Waals surface area (Å²) in [4.78, 5) is 34.5. The summed E-state index contributed by atoms with van der Waals surface area (Å²) >= 11 is 0. The number of rotatable bonds is 4. The molecular formula is C15H16N4O3. The van der Waals surface area contributed by atoms with E-state index in [1.807, 2.05) is 32.0 Å². The molecule has 0 saturated heterocycles. The van der Waals surface area contributed by atoms with Gasteiger partial charge in [-0.15, -0.1) is 0 Å². The Morgan fingerprint density at radius 1 is 1.14 bits per heavy atom. The number of anilines is 1. The van der Waals surface area contributed by atoms with E-state index in [1.54, 1.807) is 0 Å². The van der Waals surface area contributed by atoms with Gasteiger partial charge in [0.15, 0.2) is 0 Å². The van der Waals surface area contributed by atoms with E-state index in [1.165, 1.54) is 12.1 Å². The molecule has 1 aromatic carbocycles. The van der Waals surface area contributed by atoms with Gasteiger partial charge in [-0.3, -0.25) is 14.4 Å². The van der Waals surface area contributed by atoms with Gasteiger partial charge in [0.05, 0.1) is 6.54 Å². The molecule has 22 heavy (non-hydrogen) atoms. The van der Waals surface area contributed by atoms with Crippen LogP contribution in [0.2, 0.25) is 0 Å². The van der Waals surface area contributed by atoms with E-state index in [-0.39, 0.29) is 18.1 Å². The molecule has 0 aliphatic rings. The Balaban J connectivity index is 1.94. The summed E-state index contributed by atoms with van der Waals surface area (Å²) in [6, 6.07) is 8.18. The molecule has 0 saturated carbocycles. The number of nitrogens with one attached hydrogen (secondary N) is 3. The molecule has 0 spiro atoms. The Kier molecular flexibility index (Phi) is 4.67. The van der Waals surface area contributed by atoms with Gasteiger partial charge in [-0.1, -0.05) is 18.2 Å². The maximum absolute atomic E-state index is 11.9. The highest BCUT2D eigenvalue weighted by Gasteiger charge is 2.11. The van der Waals surface area contributed by atoms with Gasteiger partial charge in [0.2, 0.25) is 5.91 Å². The number of hydrogen-bond donors (Lipinski definition) is 3. The highest BCUT2D eigenvalue weighted by atomic mass is 16.2. The van der Waals surface area contributed by atoms with Crippen molar-refractivity contribution in [1.29, 1.82) is 0 Å². The lowest BCUT2D eigenvalue weighted by Gasteiger charge is -2.11. The van der Waals surface area contributed by atoms with Gasteiger partial charge in [-0.2, -0.15) is 5.10 Å². The minimum Gasteiger partial charge on any atom is -0.342 e. The zero-order valence-corrected chi connectivity index (χ0v) is 12.3. The number of aromatic amines is 1. The number of amides is 2. The largest absolute Gasteiger partial charge is 0.342 e. The molecule has 0 bridgehead atoms. The molecule has 114 valence electrons. The van der Waals surface area contributed by atoms with Gasteiger partial charge in [0, 0.05) is 11.8 Å². The van der Waals surface area contributed by atoms with Crippen molar-refractivity contribution in [3.63, 3.8) is 0 Å². The van der Waals surface area contributed by atoms with Crippen LogP contribution in [0.15, 0.2) is 35.1 Å². The monoisotopic (exact) mass is 300 g/mol. The number of nitrogens with zero attached hydrogens (tertiary/aromatic N) is 1. The van der Waals surface area contributed by atoms with E-state index in [9.17, 15) is 14.4 Å². The molecule has 3 N–H and O–H groups in total. The van der Waals surface area contributed by atoms with E-state index in [0.29, 0.717) is 0 Å². The Bertz CT molecular complexity index is 727. The van der Waals surface area contributed by atoms with E-state index in [2.05, 4.69) is 20.8 Å². The van der Waals surface area contributed by atoms with Crippen molar-refractivity contribution < 1.29 is 9.59 Å². The Labute approximate surface area is 126 Å². The predicted octanol–water partition coefficient (Wildman–Crippen LogP) is 0.755. The molecule has 2 rings (SSSR count). The topological polar surface area (TPSA) is 104 Å². The fourth-order valence-electron chi connectivity index (χ4n) is 1.92. The van der Waals surface area contributed by atoms with Gasteiger partial charge >= 0.3 is 0 Å². The molecule has 1 aromatic heterocycles. The zero-order chi connectivity index (χ0) is 16.1. The van der Waals surface area contributed by atoms with Crippen molar-refractivity contribution in [3.8, 4) is 0 Å². The second-order valence-corrected chi connectivity index (χ2v) is 4.80. The quantitative estimate of drug-likeness (QED) is 0.775. The average Bonchev–Trinajstić information content (AvgIpc) is 2.49. The van der Waals surface area contributed by atoms with E-state index in [0.717, 1.165) is 16.8 Å². The summed E-state index contributed by atoms with van der Waals surface area (Å²) in [6.45, 7) is 3.60. The summed E-state index contributed by atoms with van der Waals surface area (Å²) in [5.41, 5.74) is 2.27. The van der Waals surface area contributed by atoms with Crippen molar-refractivity contribution in [2.45, 2.75) is 13.8 Å². The first-order valence-electron chi connectivity index (χ1n) is 6.67. The van der Waals surface area contributed by atoms with Crippen LogP contribution >= 0.6 is 0 Å². The molecule has 2 aromatic rings. The third-order valence-electron chi connectivity index (χ3n) is 3.07. The van der Waals surface area contributed by atoms with Crippen LogP contribution in [-0.4, -0.2) is 28.6 Å². The maximum atomic E-state index is 11.9. The predicted molar refractivity (Wildman–Crippen MR) is 81.7 cm³/mol. The lowest BCUT2D eigenvalue weighted by molar-refractivity contribution is -0.115. The molecular weight excluding hydrogens is 284 g/mol. The molecule has 0 atom stereocenters. The van der Waals surface area contributed by atoms with Crippen LogP contribution in [0.25, 0.3) is 0 Å². The van der Waals surface area contributed by atoms with Gasteiger partial charge in [0.25, 0.3) is 11.5 Å². The molecule has 7 nitrogen and oxygen atoms in total. The first-order chi connectivity index (χ1) is 10.5. The molecule has 0 aliphatic heterocycles. The maximum Gasteiger partial charge on any atom is 0.272 e. The highest BCUT2D eigenvalue weighted by molar-refractivity contribution is 5.98.